The maximum atomic E-state index is 6.21. The Balaban J connectivity index is 1.15. The Bertz CT molecular complexity index is 3060. The molecule has 0 spiro atoms. The van der Waals surface area contributed by atoms with E-state index in [0.29, 0.717) is 5.92 Å². The molecule has 1 unspecified atom stereocenters. The van der Waals surface area contributed by atoms with Crippen LogP contribution in [0, 0.1) is 0 Å². The van der Waals surface area contributed by atoms with Gasteiger partial charge in [-0.1, -0.05) is 121 Å². The van der Waals surface area contributed by atoms with E-state index in [9.17, 15) is 0 Å². The molecule has 51 heavy (non-hydrogen) atoms. The van der Waals surface area contributed by atoms with Gasteiger partial charge in [-0.15, -0.1) is 0 Å². The van der Waals surface area contributed by atoms with Crippen molar-refractivity contribution in [3.05, 3.63) is 182 Å². The van der Waals surface area contributed by atoms with Gasteiger partial charge in [-0.2, -0.15) is 0 Å². The van der Waals surface area contributed by atoms with Crippen LogP contribution in [0.25, 0.3) is 88.1 Å². The fourth-order valence-electron chi connectivity index (χ4n) is 8.69. The summed E-state index contributed by atoms with van der Waals surface area (Å²) in [7, 11) is 0. The molecule has 0 saturated heterocycles. The van der Waals surface area contributed by atoms with E-state index in [2.05, 4.69) is 173 Å². The van der Waals surface area contributed by atoms with Gasteiger partial charge in [0, 0.05) is 49.6 Å². The van der Waals surface area contributed by atoms with Crippen LogP contribution in [0.15, 0.2) is 180 Å². The average molecular weight is 653 g/mol. The van der Waals surface area contributed by atoms with Crippen LogP contribution >= 0.6 is 0 Å². The van der Waals surface area contributed by atoms with Gasteiger partial charge in [0.05, 0.1) is 22.1 Å². The lowest BCUT2D eigenvalue weighted by Crippen LogP contribution is -2.05. The van der Waals surface area contributed by atoms with Crippen molar-refractivity contribution in [2.24, 2.45) is 0 Å². The molecule has 10 aromatic rings. The summed E-state index contributed by atoms with van der Waals surface area (Å²) >= 11 is 0. The summed E-state index contributed by atoms with van der Waals surface area (Å²) in [6, 6.07) is 57.1. The van der Waals surface area contributed by atoms with E-state index in [-0.39, 0.29) is 0 Å². The molecule has 0 radical (unpaired) electrons. The molecule has 240 valence electrons. The Morgan fingerprint density at radius 3 is 1.80 bits per heavy atom. The number of furan rings is 1. The molecule has 7 aromatic carbocycles. The van der Waals surface area contributed by atoms with Crippen molar-refractivity contribution in [1.29, 1.82) is 0 Å². The van der Waals surface area contributed by atoms with E-state index in [0.717, 1.165) is 34.0 Å². The molecule has 1 aliphatic carbocycles. The lowest BCUT2D eigenvalue weighted by Gasteiger charge is -2.21. The molecule has 0 N–H and O–H groups in total. The predicted molar refractivity (Wildman–Crippen MR) is 214 cm³/mol. The van der Waals surface area contributed by atoms with Gasteiger partial charge in [0.15, 0.2) is 0 Å². The third kappa shape index (κ3) is 4.18. The van der Waals surface area contributed by atoms with Gasteiger partial charge in [-0.3, -0.25) is 0 Å². The quantitative estimate of drug-likeness (QED) is 0.186. The Labute approximate surface area is 294 Å². The van der Waals surface area contributed by atoms with Crippen LogP contribution in [-0.4, -0.2) is 9.13 Å². The first-order valence-corrected chi connectivity index (χ1v) is 17.7. The highest BCUT2D eigenvalue weighted by Gasteiger charge is 2.23. The normalized spacial score (nSPS) is 14.8. The van der Waals surface area contributed by atoms with E-state index >= 15 is 0 Å². The highest BCUT2D eigenvalue weighted by atomic mass is 16.3. The maximum Gasteiger partial charge on any atom is 0.135 e. The summed E-state index contributed by atoms with van der Waals surface area (Å²) in [6.45, 7) is 0. The molecule has 3 heterocycles. The molecular formula is C48H32N2O. The van der Waals surface area contributed by atoms with Gasteiger partial charge in [0.2, 0.25) is 0 Å². The molecular weight excluding hydrogens is 621 g/mol. The third-order valence-corrected chi connectivity index (χ3v) is 10.9. The molecule has 0 amide bonds. The van der Waals surface area contributed by atoms with Crippen LogP contribution < -0.4 is 0 Å². The van der Waals surface area contributed by atoms with Crippen LogP contribution in [0.4, 0.5) is 0 Å². The van der Waals surface area contributed by atoms with Gasteiger partial charge < -0.3 is 13.6 Å². The summed E-state index contributed by atoms with van der Waals surface area (Å²) in [5, 5.41) is 7.33. The molecule has 1 atom stereocenters. The average Bonchev–Trinajstić information content (AvgIpc) is 3.86. The first kappa shape index (κ1) is 28.3. The second-order valence-electron chi connectivity index (χ2n) is 13.6. The highest BCUT2D eigenvalue weighted by Crippen LogP contribution is 2.45. The summed E-state index contributed by atoms with van der Waals surface area (Å²) in [5.41, 5.74) is 12.9. The van der Waals surface area contributed by atoms with Crippen molar-refractivity contribution in [3.63, 3.8) is 0 Å². The zero-order chi connectivity index (χ0) is 33.5. The van der Waals surface area contributed by atoms with Gasteiger partial charge in [0.25, 0.3) is 0 Å². The summed E-state index contributed by atoms with van der Waals surface area (Å²) in [5.74, 6) is 0.338. The van der Waals surface area contributed by atoms with Crippen molar-refractivity contribution in [2.75, 3.05) is 0 Å². The van der Waals surface area contributed by atoms with Crippen LogP contribution in [-0.2, 0) is 0 Å². The van der Waals surface area contributed by atoms with E-state index in [4.69, 9.17) is 4.42 Å². The number of hydrogen-bond donors (Lipinski definition) is 0. The predicted octanol–water partition coefficient (Wildman–Crippen LogP) is 13.0. The van der Waals surface area contributed by atoms with E-state index < -0.39 is 0 Å². The number of fused-ring (bicyclic) bond motifs is 9. The highest BCUT2D eigenvalue weighted by molar-refractivity contribution is 6.22. The molecule has 0 fully saturated rings. The van der Waals surface area contributed by atoms with Crippen LogP contribution in [0.2, 0.25) is 0 Å². The summed E-state index contributed by atoms with van der Waals surface area (Å²) in [6.07, 6.45) is 7.81. The van der Waals surface area contributed by atoms with Crippen molar-refractivity contribution in [2.45, 2.75) is 12.3 Å². The number of aromatic nitrogens is 2. The fraction of sp³-hybridized carbons (Fsp3) is 0.0417. The fourth-order valence-corrected chi connectivity index (χ4v) is 8.69. The first-order chi connectivity index (χ1) is 25.3. The van der Waals surface area contributed by atoms with Gasteiger partial charge >= 0.3 is 0 Å². The van der Waals surface area contributed by atoms with Crippen molar-refractivity contribution in [3.8, 4) is 16.8 Å². The Morgan fingerprint density at radius 1 is 0.471 bits per heavy atom. The van der Waals surface area contributed by atoms with Gasteiger partial charge in [-0.05, 0) is 77.7 Å². The minimum absolute atomic E-state index is 0.338. The van der Waals surface area contributed by atoms with Gasteiger partial charge in [0.1, 0.15) is 11.2 Å². The zero-order valence-electron chi connectivity index (χ0n) is 27.8. The molecule has 3 nitrogen and oxygen atoms in total. The molecule has 0 saturated carbocycles. The SMILES string of the molecule is C1=CC(c2ccccc2)CC(n2c3ccccc3c3c(-c4cccc5c4c4ccccc4n5-c4ccc5oc6ccccc6c5c4)cccc32)=C1. The molecule has 3 heteroatoms. The first-order valence-electron chi connectivity index (χ1n) is 17.7. The Kier molecular flexibility index (Phi) is 6.08. The van der Waals surface area contributed by atoms with Gasteiger partial charge in [-0.25, -0.2) is 0 Å². The summed E-state index contributed by atoms with van der Waals surface area (Å²) in [4.78, 5) is 0. The molecule has 3 aromatic heterocycles. The number of rotatable bonds is 4. The van der Waals surface area contributed by atoms with Crippen molar-refractivity contribution >= 4 is 71.2 Å². The number of para-hydroxylation sites is 3. The van der Waals surface area contributed by atoms with E-state index in [1.807, 2.05) is 12.1 Å². The number of nitrogens with zero attached hydrogens (tertiary/aromatic N) is 2. The molecule has 1 aliphatic rings. The number of hydrogen-bond acceptors (Lipinski definition) is 1. The second-order valence-corrected chi connectivity index (χ2v) is 13.6. The monoisotopic (exact) mass is 652 g/mol. The largest absolute Gasteiger partial charge is 0.456 e. The molecule has 0 aliphatic heterocycles. The topological polar surface area (TPSA) is 23.0 Å². The minimum Gasteiger partial charge on any atom is -0.456 e. The van der Waals surface area contributed by atoms with Crippen LogP contribution in [0.5, 0.6) is 0 Å². The Morgan fingerprint density at radius 2 is 1.06 bits per heavy atom. The standard InChI is InChI=1S/C48H32N2O/c1-2-13-31(14-3-1)32-15-10-16-33(29-32)49-41-22-7-4-18-38(41)47-36(20-11-24-43(47)49)37-21-12-25-44-48(37)39-19-5-8-23-42(39)50(44)34-27-28-46-40(30-34)35-17-6-9-26-45(35)51-46/h1-28,30,32H,29H2. The number of allylic oxidation sites excluding steroid dienone is 4. The summed E-state index contributed by atoms with van der Waals surface area (Å²) < 4.78 is 11.1. The van der Waals surface area contributed by atoms with E-state index in [1.165, 1.54) is 66.0 Å². The maximum absolute atomic E-state index is 6.21. The third-order valence-electron chi connectivity index (χ3n) is 10.9. The Hall–Kier alpha value is -6.58. The molecule has 11 rings (SSSR count). The molecule has 0 bridgehead atoms. The van der Waals surface area contributed by atoms with Crippen molar-refractivity contribution < 1.29 is 4.42 Å². The van der Waals surface area contributed by atoms with E-state index in [1.54, 1.807) is 0 Å². The number of benzene rings is 7. The lowest BCUT2D eigenvalue weighted by atomic mass is 9.90. The van der Waals surface area contributed by atoms with Crippen LogP contribution in [0.3, 0.4) is 0 Å². The van der Waals surface area contributed by atoms with Crippen molar-refractivity contribution in [1.82, 2.24) is 9.13 Å². The minimum atomic E-state index is 0.338. The lowest BCUT2D eigenvalue weighted by molar-refractivity contribution is 0.669. The van der Waals surface area contributed by atoms with Crippen LogP contribution in [0.1, 0.15) is 17.9 Å². The second kappa shape index (κ2) is 11.0. The smallest absolute Gasteiger partial charge is 0.135 e. The zero-order valence-corrected chi connectivity index (χ0v) is 27.8.